The van der Waals surface area contributed by atoms with Crippen molar-refractivity contribution in [3.05, 3.63) is 65.5 Å². The SMILES string of the molecule is NCC(C(=O)Nc1cc(F)c(F)cc1F)c1ccccc1. The molecule has 0 spiro atoms. The van der Waals surface area contributed by atoms with Crippen LogP contribution < -0.4 is 11.1 Å². The summed E-state index contributed by atoms with van der Waals surface area (Å²) in [6.45, 7) is 0.00113. The molecule has 0 fully saturated rings. The molecule has 3 nitrogen and oxygen atoms in total. The normalized spacial score (nSPS) is 12.0. The Balaban J connectivity index is 2.23. The molecule has 0 aliphatic carbocycles. The van der Waals surface area contributed by atoms with E-state index in [0.29, 0.717) is 17.7 Å². The van der Waals surface area contributed by atoms with E-state index in [1.165, 1.54) is 0 Å². The quantitative estimate of drug-likeness (QED) is 0.852. The van der Waals surface area contributed by atoms with Crippen LogP contribution in [0.25, 0.3) is 0 Å². The molecule has 0 radical (unpaired) electrons. The molecule has 110 valence electrons. The van der Waals surface area contributed by atoms with E-state index in [2.05, 4.69) is 5.32 Å². The average molecular weight is 294 g/mol. The molecule has 0 aliphatic heterocycles. The van der Waals surface area contributed by atoms with E-state index in [9.17, 15) is 18.0 Å². The smallest absolute Gasteiger partial charge is 0.233 e. The second kappa shape index (κ2) is 6.41. The van der Waals surface area contributed by atoms with Crippen molar-refractivity contribution in [1.29, 1.82) is 0 Å². The number of hydrogen-bond acceptors (Lipinski definition) is 2. The van der Waals surface area contributed by atoms with Crippen molar-refractivity contribution >= 4 is 11.6 Å². The number of carbonyl (C=O) groups is 1. The highest BCUT2D eigenvalue weighted by Crippen LogP contribution is 2.21. The van der Waals surface area contributed by atoms with Crippen molar-refractivity contribution in [3.8, 4) is 0 Å². The van der Waals surface area contributed by atoms with Gasteiger partial charge in [0.05, 0.1) is 11.6 Å². The lowest BCUT2D eigenvalue weighted by Gasteiger charge is -2.15. The molecular weight excluding hydrogens is 281 g/mol. The minimum Gasteiger partial charge on any atom is -0.329 e. The van der Waals surface area contributed by atoms with Crippen molar-refractivity contribution in [1.82, 2.24) is 0 Å². The first-order valence-electron chi connectivity index (χ1n) is 6.23. The number of halogens is 3. The molecule has 2 aromatic carbocycles. The fourth-order valence-corrected chi connectivity index (χ4v) is 1.92. The zero-order valence-electron chi connectivity index (χ0n) is 10.9. The van der Waals surface area contributed by atoms with Gasteiger partial charge in [-0.15, -0.1) is 0 Å². The van der Waals surface area contributed by atoms with E-state index in [-0.39, 0.29) is 6.54 Å². The molecule has 21 heavy (non-hydrogen) atoms. The molecular formula is C15H13F3N2O. The number of rotatable bonds is 4. The lowest BCUT2D eigenvalue weighted by atomic mass is 9.98. The third-order valence-corrected chi connectivity index (χ3v) is 3.02. The monoisotopic (exact) mass is 294 g/mol. The fraction of sp³-hybridized carbons (Fsp3) is 0.133. The van der Waals surface area contributed by atoms with E-state index in [1.54, 1.807) is 30.3 Å². The number of benzene rings is 2. The largest absolute Gasteiger partial charge is 0.329 e. The first-order chi connectivity index (χ1) is 10.0. The fourth-order valence-electron chi connectivity index (χ4n) is 1.92. The van der Waals surface area contributed by atoms with Gasteiger partial charge in [0, 0.05) is 18.7 Å². The standard InChI is InChI=1S/C15H13F3N2O/c16-11-6-13(18)14(7-12(11)17)20-15(21)10(8-19)9-4-2-1-3-5-9/h1-7,10H,8,19H2,(H,20,21). The van der Waals surface area contributed by atoms with Crippen molar-refractivity contribution in [2.75, 3.05) is 11.9 Å². The average Bonchev–Trinajstić information content (AvgIpc) is 2.46. The molecule has 0 aromatic heterocycles. The minimum atomic E-state index is -1.32. The van der Waals surface area contributed by atoms with E-state index in [1.807, 2.05) is 0 Å². The van der Waals surface area contributed by atoms with Gasteiger partial charge in [0.25, 0.3) is 0 Å². The topological polar surface area (TPSA) is 55.1 Å². The Morgan fingerprint density at radius 1 is 1.05 bits per heavy atom. The molecule has 2 aromatic rings. The Hall–Kier alpha value is -2.34. The van der Waals surface area contributed by atoms with Crippen LogP contribution in [0.15, 0.2) is 42.5 Å². The van der Waals surface area contributed by atoms with Gasteiger partial charge in [-0.3, -0.25) is 4.79 Å². The van der Waals surface area contributed by atoms with Crippen LogP contribution in [0.3, 0.4) is 0 Å². The van der Waals surface area contributed by atoms with Crippen molar-refractivity contribution in [2.45, 2.75) is 5.92 Å². The molecule has 1 amide bonds. The number of hydrogen-bond donors (Lipinski definition) is 2. The van der Waals surface area contributed by atoms with Crippen LogP contribution in [0, 0.1) is 17.5 Å². The molecule has 6 heteroatoms. The van der Waals surface area contributed by atoms with Crippen LogP contribution in [0.5, 0.6) is 0 Å². The van der Waals surface area contributed by atoms with Crippen LogP contribution >= 0.6 is 0 Å². The number of amides is 1. The van der Waals surface area contributed by atoms with Crippen molar-refractivity contribution < 1.29 is 18.0 Å². The maximum Gasteiger partial charge on any atom is 0.233 e. The van der Waals surface area contributed by atoms with Crippen LogP contribution in [0.4, 0.5) is 18.9 Å². The summed E-state index contributed by atoms with van der Waals surface area (Å²) in [6, 6.07) is 9.65. The highest BCUT2D eigenvalue weighted by Gasteiger charge is 2.21. The molecule has 1 unspecified atom stereocenters. The lowest BCUT2D eigenvalue weighted by Crippen LogP contribution is -2.27. The highest BCUT2D eigenvalue weighted by atomic mass is 19.2. The van der Waals surface area contributed by atoms with Gasteiger partial charge in [-0.25, -0.2) is 13.2 Å². The molecule has 2 rings (SSSR count). The first kappa shape index (κ1) is 15.1. The predicted octanol–water partition coefficient (Wildman–Crippen LogP) is 2.78. The third-order valence-electron chi connectivity index (χ3n) is 3.02. The zero-order chi connectivity index (χ0) is 15.4. The van der Waals surface area contributed by atoms with E-state index < -0.39 is 35.0 Å². The van der Waals surface area contributed by atoms with E-state index >= 15 is 0 Å². The Morgan fingerprint density at radius 2 is 1.67 bits per heavy atom. The van der Waals surface area contributed by atoms with Gasteiger partial charge in [-0.1, -0.05) is 30.3 Å². The second-order valence-corrected chi connectivity index (χ2v) is 4.43. The van der Waals surface area contributed by atoms with E-state index in [0.717, 1.165) is 0 Å². The van der Waals surface area contributed by atoms with Crippen LogP contribution in [0.2, 0.25) is 0 Å². The number of anilines is 1. The number of nitrogens with one attached hydrogen (secondary N) is 1. The summed E-state index contributed by atoms with van der Waals surface area (Å²) in [6.07, 6.45) is 0. The summed E-state index contributed by atoms with van der Waals surface area (Å²) in [5.41, 5.74) is 5.79. The molecule has 0 saturated heterocycles. The number of nitrogens with two attached hydrogens (primary N) is 1. The predicted molar refractivity (Wildman–Crippen MR) is 73.2 cm³/mol. The first-order valence-corrected chi connectivity index (χ1v) is 6.23. The Labute approximate surface area is 119 Å². The van der Waals surface area contributed by atoms with Crippen molar-refractivity contribution in [2.24, 2.45) is 5.73 Å². The van der Waals surface area contributed by atoms with Gasteiger partial charge in [-0.05, 0) is 5.56 Å². The summed E-state index contributed by atoms with van der Waals surface area (Å²) < 4.78 is 39.4. The van der Waals surface area contributed by atoms with Gasteiger partial charge < -0.3 is 11.1 Å². The zero-order valence-corrected chi connectivity index (χ0v) is 10.9. The molecule has 0 heterocycles. The van der Waals surface area contributed by atoms with Crippen LogP contribution in [-0.4, -0.2) is 12.5 Å². The van der Waals surface area contributed by atoms with Gasteiger partial charge in [0.15, 0.2) is 11.6 Å². The minimum absolute atomic E-state index is 0.00113. The Morgan fingerprint density at radius 3 is 2.29 bits per heavy atom. The maximum atomic E-state index is 13.5. The summed E-state index contributed by atoms with van der Waals surface area (Å²) >= 11 is 0. The highest BCUT2D eigenvalue weighted by molar-refractivity contribution is 5.96. The summed E-state index contributed by atoms with van der Waals surface area (Å²) in [5.74, 6) is -4.90. The molecule has 3 N–H and O–H groups in total. The van der Waals surface area contributed by atoms with Gasteiger partial charge >= 0.3 is 0 Å². The van der Waals surface area contributed by atoms with Gasteiger partial charge in [0.1, 0.15) is 5.82 Å². The number of carbonyl (C=O) groups excluding carboxylic acids is 1. The second-order valence-electron chi connectivity index (χ2n) is 4.43. The van der Waals surface area contributed by atoms with Crippen molar-refractivity contribution in [3.63, 3.8) is 0 Å². The van der Waals surface area contributed by atoms with Crippen LogP contribution in [-0.2, 0) is 4.79 Å². The lowest BCUT2D eigenvalue weighted by molar-refractivity contribution is -0.117. The third kappa shape index (κ3) is 3.41. The Bertz CT molecular complexity index is 647. The maximum absolute atomic E-state index is 13.5. The Kier molecular flexibility index (Phi) is 4.59. The molecule has 0 bridgehead atoms. The molecule has 1 atom stereocenters. The van der Waals surface area contributed by atoms with E-state index in [4.69, 9.17) is 5.73 Å². The summed E-state index contributed by atoms with van der Waals surface area (Å²) in [5, 5.41) is 2.23. The summed E-state index contributed by atoms with van der Waals surface area (Å²) in [4.78, 5) is 12.1. The molecule has 0 saturated carbocycles. The van der Waals surface area contributed by atoms with Gasteiger partial charge in [-0.2, -0.15) is 0 Å². The molecule has 0 aliphatic rings. The summed E-state index contributed by atoms with van der Waals surface area (Å²) in [7, 11) is 0. The van der Waals surface area contributed by atoms with Gasteiger partial charge in [0.2, 0.25) is 5.91 Å². The van der Waals surface area contributed by atoms with Crippen LogP contribution in [0.1, 0.15) is 11.5 Å².